The number of rotatable bonds is 6. The van der Waals surface area contributed by atoms with E-state index in [1.807, 2.05) is 0 Å². The number of carbonyl (C=O) groups excluding carboxylic acids is 2. The van der Waals surface area contributed by atoms with Crippen LogP contribution in [0.25, 0.3) is 22.3 Å². The second kappa shape index (κ2) is 8.78. The molecule has 0 saturated heterocycles. The molecule has 2 aromatic carbocycles. The van der Waals surface area contributed by atoms with Gasteiger partial charge in [0.1, 0.15) is 22.5 Å². The van der Waals surface area contributed by atoms with Crippen LogP contribution in [0.15, 0.2) is 39.5 Å². The number of fused-ring (bicyclic) bond motifs is 1. The number of hydrogen-bond acceptors (Lipinski definition) is 9. The molecule has 1 heterocycles. The molecule has 3 rings (SSSR count). The average Bonchev–Trinajstić information content (AvgIpc) is 2.73. The SMILES string of the molecule is COc1cc(OC)c2c(=O)c(OC)c(-c3ccc(OC(C)=O)c(OC(C)=O)c3)oc2c1. The molecule has 0 spiro atoms. The summed E-state index contributed by atoms with van der Waals surface area (Å²) < 4.78 is 32.1. The van der Waals surface area contributed by atoms with Gasteiger partial charge in [0.25, 0.3) is 0 Å². The third-order valence-corrected chi connectivity index (χ3v) is 4.26. The summed E-state index contributed by atoms with van der Waals surface area (Å²) >= 11 is 0. The zero-order valence-corrected chi connectivity index (χ0v) is 17.6. The maximum atomic E-state index is 13.1. The maximum absolute atomic E-state index is 13.1. The molecule has 0 aliphatic carbocycles. The van der Waals surface area contributed by atoms with Crippen LogP contribution in [0.2, 0.25) is 0 Å². The van der Waals surface area contributed by atoms with Crippen LogP contribution in [-0.2, 0) is 9.59 Å². The Balaban J connectivity index is 2.30. The first-order chi connectivity index (χ1) is 14.8. The molecule has 1 aromatic heterocycles. The third-order valence-electron chi connectivity index (χ3n) is 4.26. The molecule has 31 heavy (non-hydrogen) atoms. The normalized spacial score (nSPS) is 10.5. The van der Waals surface area contributed by atoms with E-state index in [0.717, 1.165) is 0 Å². The van der Waals surface area contributed by atoms with E-state index in [4.69, 9.17) is 28.1 Å². The highest BCUT2D eigenvalue weighted by molar-refractivity contribution is 5.89. The molecule has 0 atom stereocenters. The molecular weight excluding hydrogens is 408 g/mol. The largest absolute Gasteiger partial charge is 0.496 e. The van der Waals surface area contributed by atoms with E-state index < -0.39 is 17.4 Å². The Hall–Kier alpha value is -4.01. The molecule has 0 N–H and O–H groups in total. The van der Waals surface area contributed by atoms with Gasteiger partial charge in [-0.3, -0.25) is 14.4 Å². The maximum Gasteiger partial charge on any atom is 0.308 e. The number of esters is 2. The Morgan fingerprint density at radius 2 is 1.48 bits per heavy atom. The fraction of sp³-hybridized carbons (Fsp3) is 0.227. The van der Waals surface area contributed by atoms with Gasteiger partial charge in [0.15, 0.2) is 17.3 Å². The Morgan fingerprint density at radius 3 is 2.06 bits per heavy atom. The number of carbonyl (C=O) groups is 2. The van der Waals surface area contributed by atoms with Crippen LogP contribution in [0.1, 0.15) is 13.8 Å². The Bertz CT molecular complexity index is 1220. The molecule has 9 nitrogen and oxygen atoms in total. The highest BCUT2D eigenvalue weighted by Crippen LogP contribution is 2.39. The van der Waals surface area contributed by atoms with E-state index in [1.165, 1.54) is 53.4 Å². The van der Waals surface area contributed by atoms with Gasteiger partial charge in [0, 0.05) is 31.5 Å². The van der Waals surface area contributed by atoms with E-state index in [2.05, 4.69) is 0 Å². The molecule has 0 aliphatic rings. The fourth-order valence-corrected chi connectivity index (χ4v) is 3.02. The number of hydrogen-bond donors (Lipinski definition) is 0. The van der Waals surface area contributed by atoms with Crippen molar-refractivity contribution in [2.45, 2.75) is 13.8 Å². The minimum atomic E-state index is -0.619. The molecule has 0 saturated carbocycles. The summed E-state index contributed by atoms with van der Waals surface area (Å²) in [6.45, 7) is 2.43. The van der Waals surface area contributed by atoms with Crippen LogP contribution in [0.3, 0.4) is 0 Å². The second-order valence-electron chi connectivity index (χ2n) is 6.35. The van der Waals surface area contributed by atoms with Gasteiger partial charge in [0.05, 0.1) is 21.3 Å². The topological polar surface area (TPSA) is 111 Å². The Morgan fingerprint density at radius 1 is 0.806 bits per heavy atom. The zero-order valence-electron chi connectivity index (χ0n) is 17.6. The van der Waals surface area contributed by atoms with Gasteiger partial charge in [-0.15, -0.1) is 0 Å². The lowest BCUT2D eigenvalue weighted by Gasteiger charge is -2.14. The van der Waals surface area contributed by atoms with E-state index >= 15 is 0 Å². The van der Waals surface area contributed by atoms with Gasteiger partial charge >= 0.3 is 11.9 Å². The van der Waals surface area contributed by atoms with Crippen molar-refractivity contribution in [3.8, 4) is 40.1 Å². The quantitative estimate of drug-likeness (QED) is 0.431. The lowest BCUT2D eigenvalue weighted by atomic mass is 10.1. The van der Waals surface area contributed by atoms with Crippen molar-refractivity contribution in [2.24, 2.45) is 0 Å². The van der Waals surface area contributed by atoms with Crippen molar-refractivity contribution in [3.63, 3.8) is 0 Å². The van der Waals surface area contributed by atoms with Gasteiger partial charge in [-0.25, -0.2) is 0 Å². The molecule has 0 bridgehead atoms. The summed E-state index contributed by atoms with van der Waals surface area (Å²) in [6, 6.07) is 7.47. The third kappa shape index (κ3) is 4.30. The highest BCUT2D eigenvalue weighted by atomic mass is 16.6. The van der Waals surface area contributed by atoms with Gasteiger partial charge in [0.2, 0.25) is 11.2 Å². The van der Waals surface area contributed by atoms with E-state index in [-0.39, 0.29) is 39.7 Å². The molecule has 0 aliphatic heterocycles. The summed E-state index contributed by atoms with van der Waals surface area (Å²) in [5.41, 5.74) is 0.0937. The zero-order chi connectivity index (χ0) is 22.7. The van der Waals surface area contributed by atoms with Crippen LogP contribution in [0.5, 0.6) is 28.7 Å². The van der Waals surface area contributed by atoms with Gasteiger partial charge in [-0.05, 0) is 18.2 Å². The van der Waals surface area contributed by atoms with Crippen molar-refractivity contribution in [1.29, 1.82) is 0 Å². The first-order valence-electron chi connectivity index (χ1n) is 9.07. The van der Waals surface area contributed by atoms with Gasteiger partial charge in [-0.2, -0.15) is 0 Å². The lowest BCUT2D eigenvalue weighted by Crippen LogP contribution is -2.10. The number of ether oxygens (including phenoxy) is 5. The Kier molecular flexibility index (Phi) is 6.15. The van der Waals surface area contributed by atoms with Gasteiger partial charge < -0.3 is 28.1 Å². The summed E-state index contributed by atoms with van der Waals surface area (Å²) in [4.78, 5) is 36.0. The molecule has 9 heteroatoms. The van der Waals surface area contributed by atoms with Crippen LogP contribution in [-0.4, -0.2) is 33.3 Å². The second-order valence-corrected chi connectivity index (χ2v) is 6.35. The van der Waals surface area contributed by atoms with Crippen LogP contribution in [0, 0.1) is 0 Å². The minimum Gasteiger partial charge on any atom is -0.496 e. The first-order valence-corrected chi connectivity index (χ1v) is 9.07. The molecule has 3 aromatic rings. The summed E-state index contributed by atoms with van der Waals surface area (Å²) in [6.07, 6.45) is 0. The summed E-state index contributed by atoms with van der Waals surface area (Å²) in [5.74, 6) is -0.497. The van der Waals surface area contributed by atoms with Crippen molar-refractivity contribution in [1.82, 2.24) is 0 Å². The average molecular weight is 428 g/mol. The molecule has 0 unspecified atom stereocenters. The van der Waals surface area contributed by atoms with Crippen molar-refractivity contribution >= 4 is 22.9 Å². The van der Waals surface area contributed by atoms with E-state index in [1.54, 1.807) is 12.1 Å². The first kappa shape index (κ1) is 21.7. The van der Waals surface area contributed by atoms with Crippen LogP contribution < -0.4 is 29.1 Å². The van der Waals surface area contributed by atoms with Crippen molar-refractivity contribution in [3.05, 3.63) is 40.6 Å². The molecular formula is C22H20O9. The minimum absolute atomic E-state index is 0.0202. The molecule has 162 valence electrons. The number of methoxy groups -OCH3 is 3. The van der Waals surface area contributed by atoms with Crippen molar-refractivity contribution in [2.75, 3.05) is 21.3 Å². The smallest absolute Gasteiger partial charge is 0.308 e. The van der Waals surface area contributed by atoms with E-state index in [0.29, 0.717) is 11.3 Å². The van der Waals surface area contributed by atoms with Crippen LogP contribution >= 0.6 is 0 Å². The predicted molar refractivity (Wildman–Crippen MR) is 110 cm³/mol. The molecule has 0 radical (unpaired) electrons. The summed E-state index contributed by atoms with van der Waals surface area (Å²) in [7, 11) is 4.23. The Labute approximate surface area is 177 Å². The van der Waals surface area contributed by atoms with Gasteiger partial charge in [-0.1, -0.05) is 0 Å². The fourth-order valence-electron chi connectivity index (χ4n) is 3.02. The molecule has 0 fully saturated rings. The van der Waals surface area contributed by atoms with E-state index in [9.17, 15) is 14.4 Å². The van der Waals surface area contributed by atoms with Crippen molar-refractivity contribution < 1.29 is 37.7 Å². The monoisotopic (exact) mass is 428 g/mol. The number of benzene rings is 2. The summed E-state index contributed by atoms with van der Waals surface area (Å²) in [5, 5.41) is 0.181. The highest BCUT2D eigenvalue weighted by Gasteiger charge is 2.22. The molecule has 0 amide bonds. The van der Waals surface area contributed by atoms with Crippen LogP contribution in [0.4, 0.5) is 0 Å². The predicted octanol–water partition coefficient (Wildman–Crippen LogP) is 3.34. The lowest BCUT2D eigenvalue weighted by molar-refractivity contribution is -0.134. The standard InChI is InChI=1S/C22H20O9/c1-11(23)29-15-7-6-13(8-16(15)30-12(2)24)21-22(28-5)20(25)19-17(27-4)9-14(26-3)10-18(19)31-21/h6-10H,1-5H3.